The van der Waals surface area contributed by atoms with Crippen LogP contribution >= 0.6 is 0 Å². The second-order valence-electron chi connectivity index (χ2n) is 3.41. The fraction of sp³-hybridized carbons (Fsp3) is 0.300. The fourth-order valence-corrected chi connectivity index (χ4v) is 1.28. The minimum atomic E-state index is -0.775. The lowest BCUT2D eigenvalue weighted by atomic mass is 10.3. The van der Waals surface area contributed by atoms with E-state index in [2.05, 4.69) is 27.5 Å². The van der Waals surface area contributed by atoms with Crippen LogP contribution in [0, 0.1) is 18.8 Å². The maximum Gasteiger partial charge on any atom is 0.322 e. The van der Waals surface area contributed by atoms with Crippen LogP contribution in [0.3, 0.4) is 0 Å². The van der Waals surface area contributed by atoms with Gasteiger partial charge in [0.05, 0.1) is 6.20 Å². The van der Waals surface area contributed by atoms with Crippen molar-refractivity contribution in [3.05, 3.63) is 17.7 Å². The van der Waals surface area contributed by atoms with Gasteiger partial charge in [-0.2, -0.15) is 0 Å². The zero-order valence-corrected chi connectivity index (χ0v) is 8.87. The summed E-state index contributed by atoms with van der Waals surface area (Å²) in [5.74, 6) is 5.90. The van der Waals surface area contributed by atoms with Crippen molar-refractivity contribution in [2.24, 2.45) is 7.05 Å². The number of aromatic nitrogens is 2. The molecule has 1 atom stereocenters. The van der Waals surface area contributed by atoms with Gasteiger partial charge in [-0.15, -0.1) is 0 Å². The maximum absolute atomic E-state index is 11.2. The largest absolute Gasteiger partial charge is 0.325 e. The number of hydrogen-bond acceptors (Lipinski definition) is 3. The number of hydrogen-bond donors (Lipinski definition) is 2. The lowest BCUT2D eigenvalue weighted by Crippen LogP contribution is -2.26. The van der Waals surface area contributed by atoms with E-state index in [9.17, 15) is 9.59 Å². The Morgan fingerprint density at radius 1 is 1.50 bits per heavy atom. The van der Waals surface area contributed by atoms with Gasteiger partial charge in [-0.05, 0) is 12.8 Å². The summed E-state index contributed by atoms with van der Waals surface area (Å²) in [6.45, 7) is 1.86. The highest BCUT2D eigenvalue weighted by atomic mass is 16.2. The lowest BCUT2D eigenvalue weighted by Gasteiger charge is -1.96. The first-order chi connectivity index (χ1) is 7.58. The van der Waals surface area contributed by atoms with Crippen molar-refractivity contribution in [2.45, 2.75) is 13.0 Å². The van der Waals surface area contributed by atoms with Crippen LogP contribution in [0.2, 0.25) is 0 Å². The Bertz CT molecular complexity index is 521. The number of carbonyl (C=O) groups excluding carboxylic acids is 2. The van der Waals surface area contributed by atoms with Crippen molar-refractivity contribution in [3.8, 4) is 11.8 Å². The Labute approximate surface area is 92.0 Å². The predicted octanol–water partition coefficient (Wildman–Crippen LogP) is -0.712. The van der Waals surface area contributed by atoms with Crippen molar-refractivity contribution in [3.63, 3.8) is 0 Å². The van der Waals surface area contributed by atoms with Gasteiger partial charge < -0.3 is 9.88 Å². The molecular formula is C10H10N4O2. The highest BCUT2D eigenvalue weighted by Crippen LogP contribution is 1.99. The Morgan fingerprint density at radius 3 is 2.75 bits per heavy atom. The first kappa shape index (κ1) is 10.2. The second-order valence-corrected chi connectivity index (χ2v) is 3.41. The first-order valence-electron chi connectivity index (χ1n) is 4.69. The van der Waals surface area contributed by atoms with Crippen LogP contribution in [-0.4, -0.2) is 27.5 Å². The number of imide groups is 1. The number of nitrogens with zero attached hydrogens (tertiary/aromatic N) is 2. The summed E-state index contributed by atoms with van der Waals surface area (Å²) in [6, 6.07) is -1.28. The highest BCUT2D eigenvalue weighted by Gasteiger charge is 2.27. The molecule has 0 spiro atoms. The van der Waals surface area contributed by atoms with E-state index in [1.54, 1.807) is 6.20 Å². The quantitative estimate of drug-likeness (QED) is 0.446. The predicted molar refractivity (Wildman–Crippen MR) is 55.3 cm³/mol. The number of carbonyl (C=O) groups is 2. The van der Waals surface area contributed by atoms with Gasteiger partial charge in [0, 0.05) is 7.05 Å². The number of urea groups is 1. The average Bonchev–Trinajstić information content (AvgIpc) is 2.70. The summed E-state index contributed by atoms with van der Waals surface area (Å²) >= 11 is 0. The summed E-state index contributed by atoms with van der Waals surface area (Å²) in [7, 11) is 1.83. The van der Waals surface area contributed by atoms with Gasteiger partial charge in [0.2, 0.25) is 0 Å². The summed E-state index contributed by atoms with van der Waals surface area (Å²) in [6.07, 6.45) is 1.62. The van der Waals surface area contributed by atoms with E-state index in [1.165, 1.54) is 0 Å². The van der Waals surface area contributed by atoms with Crippen LogP contribution in [0.4, 0.5) is 4.79 Å². The van der Waals surface area contributed by atoms with E-state index in [-0.39, 0.29) is 0 Å². The van der Waals surface area contributed by atoms with Gasteiger partial charge in [-0.25, -0.2) is 9.78 Å². The van der Waals surface area contributed by atoms with E-state index in [0.29, 0.717) is 5.69 Å². The van der Waals surface area contributed by atoms with Crippen molar-refractivity contribution >= 4 is 11.9 Å². The standard InChI is InChI=1S/C10H10N4O2/c1-6-11-5-7(14(6)2)3-4-8-9(15)13-10(16)12-8/h5,8H,1-2H3,(H2,12,13,15,16). The van der Waals surface area contributed by atoms with Crippen LogP contribution in [0.5, 0.6) is 0 Å². The number of rotatable bonds is 0. The van der Waals surface area contributed by atoms with E-state index >= 15 is 0 Å². The molecule has 0 bridgehead atoms. The molecule has 1 aromatic heterocycles. The number of imidazole rings is 1. The van der Waals surface area contributed by atoms with Crippen molar-refractivity contribution in [1.82, 2.24) is 20.2 Å². The van der Waals surface area contributed by atoms with Gasteiger partial charge in [0.1, 0.15) is 11.5 Å². The Hall–Kier alpha value is -2.29. The minimum Gasteiger partial charge on any atom is -0.325 e. The number of amides is 3. The SMILES string of the molecule is Cc1ncc(C#CC2NC(=O)NC2=O)n1C. The lowest BCUT2D eigenvalue weighted by molar-refractivity contribution is -0.119. The molecule has 1 aliphatic rings. The molecule has 1 aliphatic heterocycles. The monoisotopic (exact) mass is 218 g/mol. The first-order valence-corrected chi connectivity index (χ1v) is 4.69. The Kier molecular flexibility index (Phi) is 2.37. The van der Waals surface area contributed by atoms with Gasteiger partial charge in [-0.3, -0.25) is 10.1 Å². The molecule has 6 nitrogen and oxygen atoms in total. The molecule has 2 heterocycles. The molecule has 3 amide bonds. The minimum absolute atomic E-state index is 0.420. The van der Waals surface area contributed by atoms with Crippen LogP contribution in [0.1, 0.15) is 11.5 Å². The number of nitrogens with one attached hydrogen (secondary N) is 2. The zero-order chi connectivity index (χ0) is 11.7. The molecule has 2 N–H and O–H groups in total. The molecule has 0 radical (unpaired) electrons. The smallest absolute Gasteiger partial charge is 0.322 e. The van der Waals surface area contributed by atoms with Crippen molar-refractivity contribution in [2.75, 3.05) is 0 Å². The zero-order valence-electron chi connectivity index (χ0n) is 8.87. The van der Waals surface area contributed by atoms with Crippen LogP contribution < -0.4 is 10.6 Å². The highest BCUT2D eigenvalue weighted by molar-refractivity contribution is 6.05. The molecular weight excluding hydrogens is 208 g/mol. The van der Waals surface area contributed by atoms with Crippen LogP contribution in [0.25, 0.3) is 0 Å². The third kappa shape index (κ3) is 1.75. The van der Waals surface area contributed by atoms with E-state index < -0.39 is 18.0 Å². The molecule has 0 aliphatic carbocycles. The van der Waals surface area contributed by atoms with Gasteiger partial charge in [-0.1, -0.05) is 5.92 Å². The summed E-state index contributed by atoms with van der Waals surface area (Å²) < 4.78 is 1.81. The fourth-order valence-electron chi connectivity index (χ4n) is 1.28. The summed E-state index contributed by atoms with van der Waals surface area (Å²) in [5, 5.41) is 4.51. The molecule has 0 aromatic carbocycles. The van der Waals surface area contributed by atoms with E-state index in [4.69, 9.17) is 0 Å². The molecule has 1 aromatic rings. The molecule has 16 heavy (non-hydrogen) atoms. The number of aryl methyl sites for hydroxylation is 1. The Morgan fingerprint density at radius 2 is 2.25 bits per heavy atom. The van der Waals surface area contributed by atoms with Crippen LogP contribution in [-0.2, 0) is 11.8 Å². The normalized spacial score (nSPS) is 18.8. The molecule has 1 fully saturated rings. The van der Waals surface area contributed by atoms with E-state index in [0.717, 1.165) is 5.82 Å². The topological polar surface area (TPSA) is 76.0 Å². The second kappa shape index (κ2) is 3.70. The molecule has 82 valence electrons. The van der Waals surface area contributed by atoms with Crippen molar-refractivity contribution in [1.29, 1.82) is 0 Å². The molecule has 2 rings (SSSR count). The van der Waals surface area contributed by atoms with Crippen LogP contribution in [0.15, 0.2) is 6.20 Å². The van der Waals surface area contributed by atoms with E-state index in [1.807, 2.05) is 18.5 Å². The third-order valence-electron chi connectivity index (χ3n) is 2.34. The van der Waals surface area contributed by atoms with Gasteiger partial charge >= 0.3 is 6.03 Å². The molecule has 0 saturated carbocycles. The van der Waals surface area contributed by atoms with Crippen molar-refractivity contribution < 1.29 is 9.59 Å². The van der Waals surface area contributed by atoms with Gasteiger partial charge in [0.15, 0.2) is 6.04 Å². The Balaban J connectivity index is 2.19. The average molecular weight is 218 g/mol. The summed E-state index contributed by atoms with van der Waals surface area (Å²) in [5.41, 5.74) is 0.700. The molecule has 1 unspecified atom stereocenters. The molecule has 6 heteroatoms. The summed E-state index contributed by atoms with van der Waals surface area (Å²) in [4.78, 5) is 26.1. The van der Waals surface area contributed by atoms with Gasteiger partial charge in [0.25, 0.3) is 5.91 Å². The third-order valence-corrected chi connectivity index (χ3v) is 2.34. The maximum atomic E-state index is 11.2. The molecule has 1 saturated heterocycles.